The Kier molecular flexibility index (Phi) is 7.55. The van der Waals surface area contributed by atoms with Crippen molar-refractivity contribution in [3.05, 3.63) is 51.8 Å². The second-order valence-electron chi connectivity index (χ2n) is 10.6. The average Bonchev–Trinajstić information content (AvgIpc) is 3.57. The summed E-state index contributed by atoms with van der Waals surface area (Å²) >= 11 is 6.08. The predicted octanol–water partition coefficient (Wildman–Crippen LogP) is 1.82. The summed E-state index contributed by atoms with van der Waals surface area (Å²) in [5.74, 6) is -0.549. The first-order valence-corrected chi connectivity index (χ1v) is 15.3. The van der Waals surface area contributed by atoms with Gasteiger partial charge in [0.15, 0.2) is 0 Å². The van der Waals surface area contributed by atoms with Gasteiger partial charge in [-0.05, 0) is 24.3 Å². The zero-order chi connectivity index (χ0) is 28.9. The zero-order valence-corrected chi connectivity index (χ0v) is 24.0. The van der Waals surface area contributed by atoms with Gasteiger partial charge in [0.2, 0.25) is 5.91 Å². The number of sulfonamides is 1. The molecule has 2 amide bonds. The van der Waals surface area contributed by atoms with Gasteiger partial charge in [0, 0.05) is 74.1 Å². The highest BCUT2D eigenvalue weighted by Gasteiger charge is 2.40. The molecule has 220 valence electrons. The molecule has 2 saturated heterocycles. The summed E-state index contributed by atoms with van der Waals surface area (Å²) in [5, 5.41) is 14.1. The van der Waals surface area contributed by atoms with Crippen LogP contribution in [0.25, 0.3) is 10.9 Å². The van der Waals surface area contributed by atoms with Crippen LogP contribution in [-0.2, 0) is 32.5 Å². The highest BCUT2D eigenvalue weighted by molar-refractivity contribution is 7.89. The van der Waals surface area contributed by atoms with Crippen LogP contribution in [0.4, 0.5) is 0 Å². The number of amides is 2. The van der Waals surface area contributed by atoms with Crippen LogP contribution >= 0.6 is 11.6 Å². The van der Waals surface area contributed by atoms with Gasteiger partial charge >= 0.3 is 5.91 Å². The largest absolute Gasteiger partial charge is 0.785 e. The van der Waals surface area contributed by atoms with E-state index in [4.69, 9.17) is 20.8 Å². The first-order valence-electron chi connectivity index (χ1n) is 13.5. The molecule has 1 aromatic carbocycles. The van der Waals surface area contributed by atoms with Crippen molar-refractivity contribution in [1.29, 1.82) is 0 Å². The number of aromatic amines is 1. The number of aromatic nitrogens is 2. The number of piperazine rings is 1. The van der Waals surface area contributed by atoms with Crippen LogP contribution in [0.2, 0.25) is 5.02 Å². The standard InChI is InChI=1S/C26H30ClN6O7S/c1-16-10-21-22(15-33(16)36)40-25(29-21)26(35)32-5-4-31(14-19(32)13-24(34)30-6-8-39-9-7-30)41(37,38)23-12-17-11-18(27)2-3-20(17)28-23/h2-3,11-12,16,19,28H,4-10,13-15H2,1H3/q-1. The smallest absolute Gasteiger partial charge is 0.310 e. The third-order valence-electron chi connectivity index (χ3n) is 7.90. The molecule has 2 atom stereocenters. The van der Waals surface area contributed by atoms with E-state index in [0.29, 0.717) is 60.1 Å². The molecule has 2 fully saturated rings. The van der Waals surface area contributed by atoms with E-state index < -0.39 is 22.0 Å². The fourth-order valence-electron chi connectivity index (χ4n) is 5.55. The molecule has 0 aliphatic carbocycles. The minimum Gasteiger partial charge on any atom is -0.785 e. The number of carbonyl (C=O) groups is 2. The van der Waals surface area contributed by atoms with E-state index in [9.17, 15) is 23.2 Å². The Labute approximate surface area is 241 Å². The van der Waals surface area contributed by atoms with Gasteiger partial charge in [0.05, 0.1) is 24.9 Å². The number of benzene rings is 1. The summed E-state index contributed by atoms with van der Waals surface area (Å²) in [6.45, 7) is 3.41. The van der Waals surface area contributed by atoms with Gasteiger partial charge in [-0.3, -0.25) is 9.59 Å². The molecule has 0 spiro atoms. The molecule has 3 aromatic rings. The molecule has 0 bridgehead atoms. The number of hydroxylamine groups is 2. The van der Waals surface area contributed by atoms with Crippen molar-refractivity contribution in [2.45, 2.75) is 43.4 Å². The molecule has 0 radical (unpaired) electrons. The molecule has 5 heterocycles. The quantitative estimate of drug-likeness (QED) is 0.458. The van der Waals surface area contributed by atoms with Crippen LogP contribution < -0.4 is 0 Å². The molecule has 2 aromatic heterocycles. The lowest BCUT2D eigenvalue weighted by molar-refractivity contribution is -0.136. The number of hydrogen-bond donors (Lipinski definition) is 1. The molecule has 15 heteroatoms. The van der Waals surface area contributed by atoms with E-state index in [1.165, 1.54) is 15.3 Å². The number of fused-ring (bicyclic) bond motifs is 2. The molecule has 0 saturated carbocycles. The van der Waals surface area contributed by atoms with Crippen molar-refractivity contribution in [2.75, 3.05) is 45.9 Å². The number of carbonyl (C=O) groups excluding carboxylic acids is 2. The van der Waals surface area contributed by atoms with Gasteiger partial charge < -0.3 is 34.2 Å². The topological polar surface area (TPSA) is 155 Å². The SMILES string of the molecule is CC1Cc2nc(C(=O)N3CCN(S(=O)(=O)c4cc5cc(Cl)ccc5[nH]4)CC3CC(=O)N3CCOCC3)oc2CN1[O-]. The normalized spacial score (nSPS) is 22.7. The van der Waals surface area contributed by atoms with Crippen molar-refractivity contribution >= 4 is 44.3 Å². The van der Waals surface area contributed by atoms with Gasteiger partial charge in [-0.2, -0.15) is 4.31 Å². The molecule has 3 aliphatic rings. The van der Waals surface area contributed by atoms with Crippen molar-refractivity contribution in [3.63, 3.8) is 0 Å². The fourth-order valence-corrected chi connectivity index (χ4v) is 7.21. The van der Waals surface area contributed by atoms with Crippen molar-refractivity contribution in [1.82, 2.24) is 29.1 Å². The maximum atomic E-state index is 13.7. The van der Waals surface area contributed by atoms with E-state index in [1.807, 2.05) is 0 Å². The number of hydrogen-bond acceptors (Lipinski definition) is 9. The van der Waals surface area contributed by atoms with E-state index in [-0.39, 0.29) is 55.5 Å². The van der Waals surface area contributed by atoms with Gasteiger partial charge in [-0.1, -0.05) is 18.5 Å². The first kappa shape index (κ1) is 28.1. The van der Waals surface area contributed by atoms with Gasteiger partial charge in [-0.25, -0.2) is 13.4 Å². The van der Waals surface area contributed by atoms with Crippen LogP contribution in [0.3, 0.4) is 0 Å². The van der Waals surface area contributed by atoms with Gasteiger partial charge in [0.1, 0.15) is 10.8 Å². The Morgan fingerprint density at radius 1 is 1.17 bits per heavy atom. The van der Waals surface area contributed by atoms with Crippen molar-refractivity contribution in [3.8, 4) is 0 Å². The third-order valence-corrected chi connectivity index (χ3v) is 9.92. The maximum Gasteiger partial charge on any atom is 0.310 e. The van der Waals surface area contributed by atoms with Crippen LogP contribution in [0, 0.1) is 5.21 Å². The molecule has 41 heavy (non-hydrogen) atoms. The molecular formula is C26H30ClN6O7S-. The third kappa shape index (κ3) is 5.47. The fraction of sp³-hybridized carbons (Fsp3) is 0.500. The van der Waals surface area contributed by atoms with Crippen LogP contribution in [-0.4, -0.2) is 107 Å². The minimum atomic E-state index is -3.99. The summed E-state index contributed by atoms with van der Waals surface area (Å²) in [4.78, 5) is 37.4. The minimum absolute atomic E-state index is 0.00252. The number of morpholine rings is 1. The van der Waals surface area contributed by atoms with Gasteiger partial charge in [0.25, 0.3) is 15.9 Å². The Balaban J connectivity index is 1.27. The number of H-pyrrole nitrogens is 1. The highest BCUT2D eigenvalue weighted by atomic mass is 35.5. The molecule has 13 nitrogen and oxygen atoms in total. The molecular weight excluding hydrogens is 576 g/mol. The summed E-state index contributed by atoms with van der Waals surface area (Å²) in [6, 6.07) is 5.53. The average molecular weight is 606 g/mol. The lowest BCUT2D eigenvalue weighted by atomic mass is 10.1. The van der Waals surface area contributed by atoms with E-state index in [2.05, 4.69) is 9.97 Å². The Morgan fingerprint density at radius 2 is 1.95 bits per heavy atom. The molecule has 6 rings (SSSR count). The van der Waals surface area contributed by atoms with E-state index >= 15 is 0 Å². The Morgan fingerprint density at radius 3 is 2.73 bits per heavy atom. The summed E-state index contributed by atoms with van der Waals surface area (Å²) in [5.41, 5.74) is 1.19. The number of nitrogens with zero attached hydrogens (tertiary/aromatic N) is 5. The zero-order valence-electron chi connectivity index (χ0n) is 22.4. The molecule has 3 aliphatic heterocycles. The van der Waals surface area contributed by atoms with E-state index in [0.717, 1.165) is 5.06 Å². The lowest BCUT2D eigenvalue weighted by Gasteiger charge is -2.40. The van der Waals surface area contributed by atoms with Crippen molar-refractivity contribution in [2.24, 2.45) is 0 Å². The van der Waals surface area contributed by atoms with Crippen molar-refractivity contribution < 1.29 is 27.2 Å². The number of nitrogens with one attached hydrogen (secondary N) is 1. The van der Waals surface area contributed by atoms with Crippen LogP contribution in [0.5, 0.6) is 0 Å². The summed E-state index contributed by atoms with van der Waals surface area (Å²) in [7, 11) is -3.99. The number of oxazole rings is 1. The maximum absolute atomic E-state index is 13.7. The summed E-state index contributed by atoms with van der Waals surface area (Å²) in [6.07, 6.45) is 0.280. The number of ether oxygens (including phenoxy) is 1. The molecule has 1 N–H and O–H groups in total. The highest BCUT2D eigenvalue weighted by Crippen LogP contribution is 2.28. The monoisotopic (exact) mass is 605 g/mol. The number of rotatable bonds is 5. The molecule has 2 unspecified atom stereocenters. The number of halogens is 1. The van der Waals surface area contributed by atoms with Gasteiger partial charge in [-0.15, -0.1) is 0 Å². The second-order valence-corrected chi connectivity index (χ2v) is 12.9. The predicted molar refractivity (Wildman–Crippen MR) is 147 cm³/mol. The summed E-state index contributed by atoms with van der Waals surface area (Å²) < 4.78 is 39.7. The Bertz CT molecular complexity index is 1560. The van der Waals surface area contributed by atoms with Crippen LogP contribution in [0.1, 0.15) is 35.5 Å². The Hall–Kier alpha value is -3.01. The van der Waals surface area contributed by atoms with Crippen LogP contribution in [0.15, 0.2) is 33.7 Å². The first-order chi connectivity index (χ1) is 19.6. The lowest BCUT2D eigenvalue weighted by Crippen LogP contribution is -2.58. The second kappa shape index (κ2) is 11.0. The van der Waals surface area contributed by atoms with E-state index in [1.54, 1.807) is 30.0 Å².